The van der Waals surface area contributed by atoms with Crippen LogP contribution in [0.3, 0.4) is 0 Å². The van der Waals surface area contributed by atoms with Crippen LogP contribution < -0.4 is 14.9 Å². The lowest BCUT2D eigenvalue weighted by molar-refractivity contribution is -0.150. The number of hydrogen-bond acceptors (Lipinski definition) is 7. The first-order valence-corrected chi connectivity index (χ1v) is 18.8. The van der Waals surface area contributed by atoms with E-state index in [9.17, 15) is 19.6 Å². The van der Waals surface area contributed by atoms with E-state index >= 15 is 0 Å². The number of benzene rings is 5. The number of nitrogens with one attached hydrogen (secondary N) is 1. The van der Waals surface area contributed by atoms with Crippen LogP contribution in [0.15, 0.2) is 133 Å². The van der Waals surface area contributed by atoms with Gasteiger partial charge in [-0.3, -0.25) is 19.8 Å². The molecule has 12 heteroatoms. The Kier molecular flexibility index (Phi) is 13.3. The van der Waals surface area contributed by atoms with Crippen LogP contribution in [0.2, 0.25) is 5.02 Å². The van der Waals surface area contributed by atoms with E-state index in [-0.39, 0.29) is 18.2 Å². The summed E-state index contributed by atoms with van der Waals surface area (Å²) in [5.74, 6) is 0.567. The zero-order chi connectivity index (χ0) is 40.5. The van der Waals surface area contributed by atoms with Gasteiger partial charge in [-0.05, 0) is 106 Å². The van der Waals surface area contributed by atoms with Crippen LogP contribution in [0.25, 0.3) is 0 Å². The standard InChI is InChI=1S/C26H21Cl2NO4.C18H19ClN2O2/c1-2-31-20-13-11-19(12-14-20)25(17-26(25,27)28)24(30)33-23(16-29)18-7-6-10-22(15-18)32-21-8-4-3-5-9-21;1-18(2,3)21(17(23)14-7-5-4-6-8-14)20-16(22)13-9-11-15(19)12-10-13/h3-15,23H,2,17H2,1H3;4-12H,1-3H3,(H,20,22). The van der Waals surface area contributed by atoms with Gasteiger partial charge in [-0.15, -0.1) is 0 Å². The molecule has 1 fully saturated rings. The molecule has 5 aromatic carbocycles. The minimum Gasteiger partial charge on any atom is -0.494 e. The number of amides is 2. The normalized spacial score (nSPS) is 15.8. The molecule has 9 nitrogen and oxygen atoms in total. The van der Waals surface area contributed by atoms with Crippen molar-refractivity contribution in [1.82, 2.24) is 10.4 Å². The zero-order valence-electron chi connectivity index (χ0n) is 31.2. The summed E-state index contributed by atoms with van der Waals surface area (Å²) in [4.78, 5) is 38.4. The van der Waals surface area contributed by atoms with Gasteiger partial charge in [0.05, 0.1) is 12.1 Å². The number of halogens is 3. The second-order valence-corrected chi connectivity index (χ2v) is 15.7. The molecule has 1 N–H and O–H groups in total. The molecule has 2 amide bonds. The minimum absolute atomic E-state index is 0.186. The first-order valence-electron chi connectivity index (χ1n) is 17.7. The van der Waals surface area contributed by atoms with Crippen molar-refractivity contribution in [2.45, 2.75) is 55.5 Å². The number of nitrogens with zero attached hydrogens (tertiary/aromatic N) is 2. The average molecular weight is 813 g/mol. The number of hydrogen-bond donors (Lipinski definition) is 1. The first-order chi connectivity index (χ1) is 26.7. The molecule has 0 radical (unpaired) electrons. The fourth-order valence-corrected chi connectivity index (χ4v) is 6.59. The maximum absolute atomic E-state index is 13.3. The minimum atomic E-state index is -1.32. The van der Waals surface area contributed by atoms with Crippen LogP contribution in [0.5, 0.6) is 17.2 Å². The molecule has 0 spiro atoms. The number of rotatable bonds is 10. The zero-order valence-corrected chi connectivity index (χ0v) is 33.4. The Balaban J connectivity index is 0.000000229. The highest BCUT2D eigenvalue weighted by atomic mass is 35.5. The van der Waals surface area contributed by atoms with Crippen LogP contribution in [0, 0.1) is 11.3 Å². The topological polar surface area (TPSA) is 118 Å². The summed E-state index contributed by atoms with van der Waals surface area (Å²) in [5.41, 5.74) is 2.90. The van der Waals surface area contributed by atoms with E-state index in [1.807, 2.05) is 70.2 Å². The lowest BCUT2D eigenvalue weighted by Gasteiger charge is -2.35. The maximum Gasteiger partial charge on any atom is 0.321 e. The number of esters is 1. The quantitative estimate of drug-likeness (QED) is 0.0847. The third-order valence-electron chi connectivity index (χ3n) is 8.69. The lowest BCUT2D eigenvalue weighted by Crippen LogP contribution is -2.55. The molecule has 1 aliphatic carbocycles. The number of alkyl halides is 2. The molecule has 0 bridgehead atoms. The number of hydrazine groups is 1. The Morgan fingerprint density at radius 1 is 0.804 bits per heavy atom. The second-order valence-electron chi connectivity index (χ2n) is 13.8. The number of carbonyl (C=O) groups excluding carboxylic acids is 3. The van der Waals surface area contributed by atoms with Crippen molar-refractivity contribution in [3.05, 3.63) is 161 Å². The fraction of sp³-hybridized carbons (Fsp3) is 0.227. The predicted octanol–water partition coefficient (Wildman–Crippen LogP) is 10.4. The van der Waals surface area contributed by atoms with Crippen molar-refractivity contribution in [3.63, 3.8) is 0 Å². The van der Waals surface area contributed by atoms with Gasteiger partial charge >= 0.3 is 5.97 Å². The van der Waals surface area contributed by atoms with Gasteiger partial charge in [0.15, 0.2) is 0 Å². The van der Waals surface area contributed by atoms with E-state index in [2.05, 4.69) is 5.43 Å². The van der Waals surface area contributed by atoms with Crippen molar-refractivity contribution in [2.75, 3.05) is 6.61 Å². The van der Waals surface area contributed by atoms with E-state index in [1.165, 1.54) is 5.01 Å². The Labute approximate surface area is 341 Å². The molecule has 0 heterocycles. The summed E-state index contributed by atoms with van der Waals surface area (Å²) in [6.45, 7) is 7.98. The Hall–Kier alpha value is -5.53. The molecule has 2 unspecified atom stereocenters. The third kappa shape index (κ3) is 10.0. The first kappa shape index (κ1) is 41.6. The number of nitriles is 1. The highest BCUT2D eigenvalue weighted by Crippen LogP contribution is 2.65. The number of carbonyl (C=O) groups is 3. The third-order valence-corrected chi connectivity index (χ3v) is 9.85. The van der Waals surface area contributed by atoms with E-state index in [0.717, 1.165) is 0 Å². The summed E-state index contributed by atoms with van der Waals surface area (Å²) < 4.78 is 15.6. The summed E-state index contributed by atoms with van der Waals surface area (Å²) in [7, 11) is 0. The highest BCUT2D eigenvalue weighted by molar-refractivity contribution is 6.54. The van der Waals surface area contributed by atoms with Gasteiger partial charge in [-0.25, -0.2) is 5.01 Å². The summed E-state index contributed by atoms with van der Waals surface area (Å²) in [6.07, 6.45) is -0.966. The second kappa shape index (κ2) is 17.9. The molecular formula is C44H40Cl3N3O6. The molecular weight excluding hydrogens is 773 g/mol. The molecule has 288 valence electrons. The van der Waals surface area contributed by atoms with Gasteiger partial charge in [0.25, 0.3) is 11.8 Å². The van der Waals surface area contributed by atoms with E-state index in [4.69, 9.17) is 49.0 Å². The molecule has 2 atom stereocenters. The van der Waals surface area contributed by atoms with Crippen LogP contribution in [-0.4, -0.2) is 39.3 Å². The van der Waals surface area contributed by atoms with Crippen molar-refractivity contribution >= 4 is 52.6 Å². The molecule has 1 aliphatic rings. The van der Waals surface area contributed by atoms with Gasteiger partial charge in [0.2, 0.25) is 6.10 Å². The Morgan fingerprint density at radius 3 is 1.95 bits per heavy atom. The molecule has 1 saturated carbocycles. The predicted molar refractivity (Wildman–Crippen MR) is 217 cm³/mol. The summed E-state index contributed by atoms with van der Waals surface area (Å²) >= 11 is 18.7. The number of para-hydroxylation sites is 1. The van der Waals surface area contributed by atoms with E-state index < -0.39 is 27.4 Å². The molecule has 5 aromatic rings. The summed E-state index contributed by atoms with van der Waals surface area (Å²) in [5, 5.41) is 11.6. The van der Waals surface area contributed by atoms with Crippen molar-refractivity contribution in [2.24, 2.45) is 0 Å². The SMILES string of the molecule is CC(C)(C)N(NC(=O)c1ccc(Cl)cc1)C(=O)c1ccccc1.CCOc1ccc(C2(C(=O)OC(C#N)c3cccc(Oc4ccccc4)c3)CC2(Cl)Cl)cc1. The molecule has 56 heavy (non-hydrogen) atoms. The van der Waals surface area contributed by atoms with Crippen molar-refractivity contribution in [3.8, 4) is 23.3 Å². The highest BCUT2D eigenvalue weighted by Gasteiger charge is 2.73. The van der Waals surface area contributed by atoms with Crippen LogP contribution >= 0.6 is 34.8 Å². The Morgan fingerprint density at radius 2 is 1.39 bits per heavy atom. The van der Waals surface area contributed by atoms with Gasteiger partial charge in [0.1, 0.15) is 33.1 Å². The fourth-order valence-electron chi connectivity index (χ4n) is 5.69. The van der Waals surface area contributed by atoms with Crippen LogP contribution in [0.1, 0.15) is 72.1 Å². The summed E-state index contributed by atoms with van der Waals surface area (Å²) in [6, 6.07) is 40.5. The molecule has 0 aliphatic heterocycles. The van der Waals surface area contributed by atoms with E-state index in [1.54, 1.807) is 97.1 Å². The van der Waals surface area contributed by atoms with Crippen LogP contribution in [-0.2, 0) is 14.9 Å². The molecule has 0 saturated heterocycles. The smallest absolute Gasteiger partial charge is 0.321 e. The largest absolute Gasteiger partial charge is 0.494 e. The van der Waals surface area contributed by atoms with Gasteiger partial charge in [-0.2, -0.15) is 5.26 Å². The lowest BCUT2D eigenvalue weighted by atomic mass is 9.95. The average Bonchev–Trinajstić information content (AvgIpc) is 3.79. The monoisotopic (exact) mass is 811 g/mol. The Bertz CT molecular complexity index is 2170. The molecule has 0 aromatic heterocycles. The number of ether oxygens (including phenoxy) is 3. The van der Waals surface area contributed by atoms with Gasteiger partial charge in [0, 0.05) is 28.1 Å². The van der Waals surface area contributed by atoms with E-state index in [0.29, 0.717) is 51.1 Å². The maximum atomic E-state index is 13.3. The van der Waals surface area contributed by atoms with Gasteiger partial charge < -0.3 is 14.2 Å². The van der Waals surface area contributed by atoms with Crippen molar-refractivity contribution < 1.29 is 28.6 Å². The van der Waals surface area contributed by atoms with Gasteiger partial charge in [-0.1, -0.05) is 95.5 Å². The van der Waals surface area contributed by atoms with Crippen molar-refractivity contribution in [1.29, 1.82) is 5.26 Å². The van der Waals surface area contributed by atoms with Crippen LogP contribution in [0.4, 0.5) is 0 Å². The molecule has 6 rings (SSSR count).